The summed E-state index contributed by atoms with van der Waals surface area (Å²) in [6, 6.07) is 0. The van der Waals surface area contributed by atoms with Crippen molar-refractivity contribution in [2.75, 3.05) is 18.6 Å². The SMILES string of the molecule is COC1(C=O)CSCC(C)(C)C1. The van der Waals surface area contributed by atoms with Crippen LogP contribution in [0.2, 0.25) is 0 Å². The van der Waals surface area contributed by atoms with Crippen LogP contribution in [0.25, 0.3) is 0 Å². The number of thioether (sulfide) groups is 1. The minimum Gasteiger partial charge on any atom is -0.370 e. The number of hydrogen-bond acceptors (Lipinski definition) is 3. The number of aldehydes is 1. The summed E-state index contributed by atoms with van der Waals surface area (Å²) in [6.45, 7) is 4.35. The van der Waals surface area contributed by atoms with Crippen LogP contribution < -0.4 is 0 Å². The second kappa shape index (κ2) is 3.38. The van der Waals surface area contributed by atoms with Gasteiger partial charge in [-0.05, 0) is 17.6 Å². The molecule has 0 aliphatic carbocycles. The number of carbonyl (C=O) groups is 1. The Bertz CT molecular complexity index is 179. The summed E-state index contributed by atoms with van der Waals surface area (Å²) in [7, 11) is 1.62. The molecule has 1 unspecified atom stereocenters. The summed E-state index contributed by atoms with van der Waals surface area (Å²) >= 11 is 1.80. The highest BCUT2D eigenvalue weighted by Crippen LogP contribution is 2.39. The predicted octanol–water partition coefficient (Wildman–Crippen LogP) is 1.73. The summed E-state index contributed by atoms with van der Waals surface area (Å²) in [5, 5.41) is 0. The van der Waals surface area contributed by atoms with Crippen LogP contribution >= 0.6 is 11.8 Å². The highest BCUT2D eigenvalue weighted by molar-refractivity contribution is 7.99. The van der Waals surface area contributed by atoms with Crippen molar-refractivity contribution < 1.29 is 9.53 Å². The Kier molecular flexibility index (Phi) is 2.84. The molecule has 3 heteroatoms. The Morgan fingerprint density at radius 2 is 2.08 bits per heavy atom. The highest BCUT2D eigenvalue weighted by atomic mass is 32.2. The number of carbonyl (C=O) groups excluding carboxylic acids is 1. The molecule has 70 valence electrons. The molecule has 0 aromatic rings. The zero-order valence-electron chi connectivity index (χ0n) is 7.92. The van der Waals surface area contributed by atoms with E-state index in [1.165, 1.54) is 0 Å². The second-order valence-corrected chi connectivity index (χ2v) is 5.21. The first-order chi connectivity index (χ1) is 5.54. The van der Waals surface area contributed by atoms with E-state index in [1.54, 1.807) is 18.9 Å². The fourth-order valence-corrected chi connectivity index (χ4v) is 3.06. The average Bonchev–Trinajstić information content (AvgIpc) is 2.02. The van der Waals surface area contributed by atoms with Crippen molar-refractivity contribution in [1.29, 1.82) is 0 Å². The van der Waals surface area contributed by atoms with Gasteiger partial charge in [0, 0.05) is 12.9 Å². The molecule has 0 bridgehead atoms. The third kappa shape index (κ3) is 2.02. The maximum absolute atomic E-state index is 10.9. The maximum atomic E-state index is 10.9. The third-order valence-corrected chi connectivity index (χ3v) is 3.92. The van der Waals surface area contributed by atoms with Crippen molar-refractivity contribution in [3.8, 4) is 0 Å². The topological polar surface area (TPSA) is 26.3 Å². The van der Waals surface area contributed by atoms with Crippen LogP contribution in [0.1, 0.15) is 20.3 Å². The number of ether oxygens (including phenoxy) is 1. The van der Waals surface area contributed by atoms with Crippen LogP contribution in [0.3, 0.4) is 0 Å². The summed E-state index contributed by atoms with van der Waals surface area (Å²) in [4.78, 5) is 10.9. The Hall–Kier alpha value is -0.0200. The molecule has 0 aromatic carbocycles. The molecular weight excluding hydrogens is 172 g/mol. The Labute approximate surface area is 78.1 Å². The molecule has 1 heterocycles. The molecular formula is C9H16O2S. The van der Waals surface area contributed by atoms with Gasteiger partial charge >= 0.3 is 0 Å². The third-order valence-electron chi connectivity index (χ3n) is 2.24. The van der Waals surface area contributed by atoms with Gasteiger partial charge < -0.3 is 9.53 Å². The number of rotatable bonds is 2. The molecule has 12 heavy (non-hydrogen) atoms. The van der Waals surface area contributed by atoms with E-state index >= 15 is 0 Å². The summed E-state index contributed by atoms with van der Waals surface area (Å²) in [6.07, 6.45) is 1.80. The zero-order chi connectivity index (χ0) is 9.24. The molecule has 1 aliphatic rings. The van der Waals surface area contributed by atoms with E-state index in [4.69, 9.17) is 4.74 Å². The molecule has 1 atom stereocenters. The molecule has 0 amide bonds. The van der Waals surface area contributed by atoms with Crippen molar-refractivity contribution in [1.82, 2.24) is 0 Å². The van der Waals surface area contributed by atoms with Crippen LogP contribution in [0.4, 0.5) is 0 Å². The fraction of sp³-hybridized carbons (Fsp3) is 0.889. The molecule has 1 fully saturated rings. The summed E-state index contributed by atoms with van der Waals surface area (Å²) in [5.41, 5.74) is -0.299. The number of hydrogen-bond donors (Lipinski definition) is 0. The van der Waals surface area contributed by atoms with Gasteiger partial charge in [0.2, 0.25) is 0 Å². The Morgan fingerprint density at radius 1 is 1.42 bits per heavy atom. The van der Waals surface area contributed by atoms with E-state index in [0.717, 1.165) is 24.2 Å². The molecule has 0 saturated carbocycles. The van der Waals surface area contributed by atoms with Gasteiger partial charge in [0.15, 0.2) is 6.29 Å². The standard InChI is InChI=1S/C9H16O2S/c1-8(2)4-9(5-10,11-3)7-12-6-8/h5H,4,6-7H2,1-3H3. The van der Waals surface area contributed by atoms with E-state index in [2.05, 4.69) is 13.8 Å². The van der Waals surface area contributed by atoms with E-state index in [-0.39, 0.29) is 5.41 Å². The molecule has 1 rings (SSSR count). The van der Waals surface area contributed by atoms with E-state index < -0.39 is 5.60 Å². The lowest BCUT2D eigenvalue weighted by molar-refractivity contribution is -0.128. The van der Waals surface area contributed by atoms with E-state index in [1.807, 2.05) is 0 Å². The van der Waals surface area contributed by atoms with Gasteiger partial charge in [0.1, 0.15) is 5.60 Å². The number of methoxy groups -OCH3 is 1. The van der Waals surface area contributed by atoms with Crippen molar-refractivity contribution >= 4 is 18.0 Å². The van der Waals surface area contributed by atoms with Crippen LogP contribution in [0.15, 0.2) is 0 Å². The fourth-order valence-electron chi connectivity index (χ4n) is 1.67. The van der Waals surface area contributed by atoms with Gasteiger partial charge in [0.05, 0.1) is 0 Å². The van der Waals surface area contributed by atoms with Gasteiger partial charge in [-0.25, -0.2) is 0 Å². The molecule has 0 N–H and O–H groups in total. The van der Waals surface area contributed by atoms with Crippen molar-refractivity contribution in [3.63, 3.8) is 0 Å². The molecule has 1 saturated heterocycles. The molecule has 0 spiro atoms. The van der Waals surface area contributed by atoms with Gasteiger partial charge in [-0.2, -0.15) is 11.8 Å². The highest BCUT2D eigenvalue weighted by Gasteiger charge is 2.40. The van der Waals surface area contributed by atoms with Crippen LogP contribution in [0.5, 0.6) is 0 Å². The van der Waals surface area contributed by atoms with Gasteiger partial charge in [-0.15, -0.1) is 0 Å². The molecule has 1 aliphatic heterocycles. The van der Waals surface area contributed by atoms with Gasteiger partial charge in [-0.1, -0.05) is 13.8 Å². The minimum absolute atomic E-state index is 0.222. The normalized spacial score (nSPS) is 34.6. The van der Waals surface area contributed by atoms with E-state index in [9.17, 15) is 4.79 Å². The predicted molar refractivity (Wildman–Crippen MR) is 51.5 cm³/mol. The lowest BCUT2D eigenvalue weighted by Gasteiger charge is -2.39. The minimum atomic E-state index is -0.521. The smallest absolute Gasteiger partial charge is 0.152 e. The maximum Gasteiger partial charge on any atom is 0.152 e. The first-order valence-corrected chi connectivity index (χ1v) is 5.28. The zero-order valence-corrected chi connectivity index (χ0v) is 8.74. The lowest BCUT2D eigenvalue weighted by Crippen LogP contribution is -2.45. The summed E-state index contributed by atoms with van der Waals surface area (Å²) < 4.78 is 5.27. The van der Waals surface area contributed by atoms with Gasteiger partial charge in [0.25, 0.3) is 0 Å². The van der Waals surface area contributed by atoms with E-state index in [0.29, 0.717) is 0 Å². The second-order valence-electron chi connectivity index (χ2n) is 4.22. The first-order valence-electron chi connectivity index (χ1n) is 4.13. The Balaban J connectivity index is 2.72. The van der Waals surface area contributed by atoms with Crippen LogP contribution in [0, 0.1) is 5.41 Å². The van der Waals surface area contributed by atoms with Crippen LogP contribution in [-0.2, 0) is 9.53 Å². The van der Waals surface area contributed by atoms with Crippen molar-refractivity contribution in [2.24, 2.45) is 5.41 Å². The summed E-state index contributed by atoms with van der Waals surface area (Å²) in [5.74, 6) is 1.92. The molecule has 2 nitrogen and oxygen atoms in total. The lowest BCUT2D eigenvalue weighted by atomic mass is 9.82. The molecule has 0 aromatic heterocycles. The van der Waals surface area contributed by atoms with Crippen molar-refractivity contribution in [2.45, 2.75) is 25.9 Å². The monoisotopic (exact) mass is 188 g/mol. The van der Waals surface area contributed by atoms with Crippen molar-refractivity contribution in [3.05, 3.63) is 0 Å². The van der Waals surface area contributed by atoms with Crippen LogP contribution in [-0.4, -0.2) is 30.5 Å². The Morgan fingerprint density at radius 3 is 2.42 bits per heavy atom. The van der Waals surface area contributed by atoms with Gasteiger partial charge in [-0.3, -0.25) is 0 Å². The average molecular weight is 188 g/mol. The first kappa shape index (κ1) is 10.1. The largest absolute Gasteiger partial charge is 0.370 e. The molecule has 0 radical (unpaired) electrons. The quantitative estimate of drug-likeness (QED) is 0.617.